The van der Waals surface area contributed by atoms with Gasteiger partial charge in [-0.05, 0) is 121 Å². The van der Waals surface area contributed by atoms with E-state index in [1.54, 1.807) is 6.92 Å². The number of aliphatic hydroxyl groups excluding tert-OH is 1. The van der Waals surface area contributed by atoms with Gasteiger partial charge in [0.25, 0.3) is 0 Å². The van der Waals surface area contributed by atoms with Gasteiger partial charge in [-0.1, -0.05) is 55.4 Å². The molecule has 5 saturated carbocycles. The second-order valence-corrected chi connectivity index (χ2v) is 15.8. The Balaban J connectivity index is 1.53. The molecule has 10 atom stereocenters. The molecule has 0 aromatic heterocycles. The van der Waals surface area contributed by atoms with Crippen molar-refractivity contribution in [2.75, 3.05) is 0 Å². The third-order valence-corrected chi connectivity index (χ3v) is 14.2. The van der Waals surface area contributed by atoms with Crippen LogP contribution in [0, 0.1) is 62.6 Å². The summed E-state index contributed by atoms with van der Waals surface area (Å²) in [4.78, 5) is 26.0. The smallest absolute Gasteiger partial charge is 0.320 e. The zero-order valence-electron chi connectivity index (χ0n) is 25.0. The lowest BCUT2D eigenvalue weighted by molar-refractivity contribution is -0.250. The fraction of sp³-hybridized carbons (Fsp3) is 0.939. The Labute approximate surface area is 226 Å². The average Bonchev–Trinajstić information content (AvgIpc) is 3.23. The van der Waals surface area contributed by atoms with Crippen LogP contribution in [-0.2, 0) is 14.3 Å². The van der Waals surface area contributed by atoms with Crippen LogP contribution in [0.15, 0.2) is 0 Å². The van der Waals surface area contributed by atoms with E-state index in [2.05, 4.69) is 48.5 Å². The minimum Gasteiger partial charge on any atom is -0.393 e. The molecule has 4 nitrogen and oxygen atoms in total. The van der Waals surface area contributed by atoms with Crippen LogP contribution in [-0.4, -0.2) is 23.1 Å². The molecular weight excluding hydrogens is 460 g/mol. The van der Waals surface area contributed by atoms with Gasteiger partial charge in [0.05, 0.1) is 11.5 Å². The Bertz CT molecular complexity index is 939. The molecule has 5 aliphatic rings. The van der Waals surface area contributed by atoms with E-state index in [0.717, 1.165) is 38.5 Å². The van der Waals surface area contributed by atoms with Crippen LogP contribution in [0.5, 0.6) is 0 Å². The molecule has 1 N–H and O–H groups in total. The van der Waals surface area contributed by atoms with Gasteiger partial charge in [0.15, 0.2) is 0 Å². The van der Waals surface area contributed by atoms with Gasteiger partial charge in [-0.3, -0.25) is 9.59 Å². The lowest BCUT2D eigenvalue weighted by Gasteiger charge is -2.72. The lowest BCUT2D eigenvalue weighted by Crippen LogP contribution is -2.67. The summed E-state index contributed by atoms with van der Waals surface area (Å²) >= 11 is 0. The first-order chi connectivity index (χ1) is 17.2. The van der Waals surface area contributed by atoms with E-state index in [1.165, 1.54) is 25.7 Å². The third-order valence-electron chi connectivity index (χ3n) is 14.2. The minimum atomic E-state index is -0.481. The summed E-state index contributed by atoms with van der Waals surface area (Å²) < 4.78 is 5.53. The molecule has 0 spiro atoms. The zero-order chi connectivity index (χ0) is 27.2. The van der Waals surface area contributed by atoms with Gasteiger partial charge in [0, 0.05) is 6.42 Å². The van der Waals surface area contributed by atoms with E-state index in [1.807, 2.05) is 0 Å². The van der Waals surface area contributed by atoms with Crippen LogP contribution < -0.4 is 0 Å². The number of rotatable bonds is 3. The molecule has 5 rings (SSSR count). The maximum absolute atomic E-state index is 13.8. The highest BCUT2D eigenvalue weighted by atomic mass is 16.6. The fourth-order valence-electron chi connectivity index (χ4n) is 12.0. The Kier molecular flexibility index (Phi) is 6.58. The number of aliphatic hydroxyl groups is 1. The summed E-state index contributed by atoms with van der Waals surface area (Å²) in [6, 6.07) is 0. The van der Waals surface area contributed by atoms with Crippen LogP contribution in [0.1, 0.15) is 126 Å². The van der Waals surface area contributed by atoms with Crippen LogP contribution in [0.3, 0.4) is 0 Å². The van der Waals surface area contributed by atoms with Crippen molar-refractivity contribution in [3.8, 4) is 0 Å². The molecule has 5 aliphatic carbocycles. The Morgan fingerprint density at radius 3 is 2.19 bits per heavy atom. The highest BCUT2D eigenvalue weighted by molar-refractivity contribution is 5.89. The van der Waals surface area contributed by atoms with Gasteiger partial charge in [0.2, 0.25) is 0 Å². The van der Waals surface area contributed by atoms with Gasteiger partial charge in [-0.2, -0.15) is 0 Å². The number of carbonyl (C=O) groups excluding carboxylic acids is 2. The number of ether oxygens (including phenoxy) is 1. The van der Waals surface area contributed by atoms with Crippen LogP contribution >= 0.6 is 0 Å². The highest BCUT2D eigenvalue weighted by Crippen LogP contribution is 2.77. The van der Waals surface area contributed by atoms with Crippen LogP contribution in [0.25, 0.3) is 0 Å². The minimum absolute atomic E-state index is 0.0302. The van der Waals surface area contributed by atoms with Gasteiger partial charge in [-0.15, -0.1) is 0 Å². The van der Waals surface area contributed by atoms with Crippen molar-refractivity contribution in [3.63, 3.8) is 0 Å². The van der Waals surface area contributed by atoms with E-state index >= 15 is 0 Å². The van der Waals surface area contributed by atoms with Crippen molar-refractivity contribution in [2.24, 2.45) is 62.6 Å². The van der Waals surface area contributed by atoms with E-state index in [4.69, 9.17) is 4.74 Å². The van der Waals surface area contributed by atoms with Crippen molar-refractivity contribution in [1.82, 2.24) is 0 Å². The molecule has 4 unspecified atom stereocenters. The molecule has 5 fully saturated rings. The van der Waals surface area contributed by atoms with Gasteiger partial charge < -0.3 is 9.84 Å². The first kappa shape index (κ1) is 27.7. The predicted molar refractivity (Wildman–Crippen MR) is 146 cm³/mol. The Hall–Kier alpha value is -0.900. The molecule has 210 valence electrons. The molecule has 0 radical (unpaired) electrons. The number of esters is 2. The first-order valence-corrected chi connectivity index (χ1v) is 15.6. The maximum atomic E-state index is 13.8. The summed E-state index contributed by atoms with van der Waals surface area (Å²) in [6.07, 6.45) is 10.9. The summed E-state index contributed by atoms with van der Waals surface area (Å²) in [6.45, 7) is 18.9. The molecule has 0 aromatic rings. The highest BCUT2D eigenvalue weighted by Gasteiger charge is 2.72. The molecule has 0 heterocycles. The molecule has 4 heteroatoms. The van der Waals surface area contributed by atoms with Crippen molar-refractivity contribution in [2.45, 2.75) is 132 Å². The molecule has 0 aliphatic heterocycles. The van der Waals surface area contributed by atoms with Crippen molar-refractivity contribution >= 4 is 11.9 Å². The number of carbonyl (C=O) groups is 2. The molecule has 0 bridgehead atoms. The molecule has 0 amide bonds. The number of hydrogen-bond donors (Lipinski definition) is 1. The summed E-state index contributed by atoms with van der Waals surface area (Å²) in [7, 11) is 0. The number of hydrogen-bond acceptors (Lipinski definition) is 4. The summed E-state index contributed by atoms with van der Waals surface area (Å²) in [5.41, 5.74) is 0.171. The molecule has 0 saturated heterocycles. The van der Waals surface area contributed by atoms with E-state index < -0.39 is 5.41 Å². The quantitative estimate of drug-likeness (QED) is 0.312. The fourth-order valence-corrected chi connectivity index (χ4v) is 12.0. The molecular formula is C33H54O4. The van der Waals surface area contributed by atoms with E-state index in [-0.39, 0.29) is 46.1 Å². The SMILES string of the molecule is CCC(=O)OC(=O)[C@]12CC[C@@H](C(C)C)C1C1CCC3[C@@]4(C)CC[C@H](O)C(C)(C)C4CC[C@@]3(C)[C@]1(C)CC2. The monoisotopic (exact) mass is 514 g/mol. The maximum Gasteiger partial charge on any atom is 0.320 e. The second-order valence-electron chi connectivity index (χ2n) is 15.8. The van der Waals surface area contributed by atoms with Gasteiger partial charge in [0.1, 0.15) is 0 Å². The Morgan fingerprint density at radius 2 is 1.54 bits per heavy atom. The molecule has 37 heavy (non-hydrogen) atoms. The number of fused-ring (bicyclic) bond motifs is 7. The third kappa shape index (κ3) is 3.55. The normalized spacial score (nSPS) is 50.4. The van der Waals surface area contributed by atoms with Crippen molar-refractivity contribution in [1.29, 1.82) is 0 Å². The van der Waals surface area contributed by atoms with Crippen molar-refractivity contribution < 1.29 is 19.4 Å². The topological polar surface area (TPSA) is 63.6 Å². The van der Waals surface area contributed by atoms with Gasteiger partial charge in [-0.25, -0.2) is 0 Å². The average molecular weight is 515 g/mol. The van der Waals surface area contributed by atoms with Crippen molar-refractivity contribution in [3.05, 3.63) is 0 Å². The second kappa shape index (κ2) is 8.80. The largest absolute Gasteiger partial charge is 0.393 e. The van der Waals surface area contributed by atoms with Crippen LogP contribution in [0.4, 0.5) is 0 Å². The zero-order valence-corrected chi connectivity index (χ0v) is 25.0. The summed E-state index contributed by atoms with van der Waals surface area (Å²) in [5, 5.41) is 11.0. The summed E-state index contributed by atoms with van der Waals surface area (Å²) in [5.74, 6) is 2.51. The molecule has 0 aromatic carbocycles. The van der Waals surface area contributed by atoms with E-state index in [9.17, 15) is 14.7 Å². The lowest BCUT2D eigenvalue weighted by atomic mass is 9.32. The standard InChI is InChI=1S/C33H54O4/c1-9-26(35)37-28(36)33-17-12-21(20(2)3)27(33)22-10-11-24-30(6)15-14-25(34)29(4,5)23(30)13-16-32(24,8)31(22,7)18-19-33/h20-25,27,34H,9-19H2,1-8H3/t21-,22?,23?,24?,25-,27?,30-,31+,32+,33-/m0/s1. The Morgan fingerprint density at radius 1 is 0.838 bits per heavy atom. The van der Waals surface area contributed by atoms with Crippen LogP contribution in [0.2, 0.25) is 0 Å². The van der Waals surface area contributed by atoms with E-state index in [0.29, 0.717) is 35.5 Å². The van der Waals surface area contributed by atoms with Gasteiger partial charge >= 0.3 is 11.9 Å². The first-order valence-electron chi connectivity index (χ1n) is 15.6. The predicted octanol–water partition coefficient (Wildman–Crippen LogP) is 7.56.